The van der Waals surface area contributed by atoms with E-state index < -0.39 is 0 Å². The number of benzene rings is 1. The third-order valence-electron chi connectivity index (χ3n) is 13.6. The van der Waals surface area contributed by atoms with Gasteiger partial charge in [-0.15, -0.1) is 0 Å². The van der Waals surface area contributed by atoms with Crippen molar-refractivity contribution in [1.82, 2.24) is 10.6 Å². The Morgan fingerprint density at radius 3 is 0.850 bits per heavy atom. The van der Waals surface area contributed by atoms with E-state index in [0.29, 0.717) is 12.8 Å². The quantitative estimate of drug-likeness (QED) is 0.0526. The van der Waals surface area contributed by atoms with Crippen molar-refractivity contribution in [2.75, 3.05) is 52.4 Å². The summed E-state index contributed by atoms with van der Waals surface area (Å²) in [6.07, 6.45) is 36.0. The molecule has 0 saturated carbocycles. The van der Waals surface area contributed by atoms with Crippen LogP contribution in [0, 0.1) is 0 Å². The van der Waals surface area contributed by atoms with Crippen LogP contribution in [-0.2, 0) is 22.7 Å². The van der Waals surface area contributed by atoms with E-state index in [1.165, 1.54) is 165 Å². The molecule has 0 aliphatic rings. The minimum atomic E-state index is 0. The highest BCUT2D eigenvalue weighted by molar-refractivity contribution is 5.76. The number of unbranched alkanes of at least 4 members (excludes halogenated alkanes) is 24. The van der Waals surface area contributed by atoms with Crippen molar-refractivity contribution in [3.8, 4) is 0 Å². The van der Waals surface area contributed by atoms with Crippen LogP contribution < -0.4 is 35.4 Å². The highest BCUT2D eigenvalue weighted by Gasteiger charge is 2.26. The second kappa shape index (κ2) is 41.7. The number of quaternary nitrogens is 2. The molecule has 0 bridgehead atoms. The number of carbonyl (C=O) groups is 2. The van der Waals surface area contributed by atoms with Crippen LogP contribution in [0.1, 0.15) is 232 Å². The molecule has 0 aliphatic heterocycles. The summed E-state index contributed by atoms with van der Waals surface area (Å²) in [6.45, 7) is 23.4. The van der Waals surface area contributed by atoms with Gasteiger partial charge in [-0.1, -0.05) is 192 Å². The first-order chi connectivity index (χ1) is 28.3. The monoisotopic (exact) mass is 883 g/mol. The van der Waals surface area contributed by atoms with Crippen LogP contribution in [0.4, 0.5) is 0 Å². The van der Waals surface area contributed by atoms with Gasteiger partial charge in [-0.3, -0.25) is 9.59 Å². The lowest BCUT2D eigenvalue weighted by Gasteiger charge is -2.38. The number of amides is 2. The summed E-state index contributed by atoms with van der Waals surface area (Å²) in [5.74, 6) is 0.445. The molecular weight excluding hydrogens is 784 g/mol. The van der Waals surface area contributed by atoms with Crippen LogP contribution in [0.15, 0.2) is 24.3 Å². The lowest BCUT2D eigenvalue weighted by atomic mass is 10.0. The zero-order valence-corrected chi connectivity index (χ0v) is 42.2. The molecule has 0 fully saturated rings. The molecule has 0 atom stereocenters. The number of nitrogens with zero attached hydrogens (tertiary/aromatic N) is 2. The molecule has 354 valence electrons. The summed E-state index contributed by atoms with van der Waals surface area (Å²) in [7, 11) is 0. The third-order valence-corrected chi connectivity index (χ3v) is 13.6. The summed E-state index contributed by atoms with van der Waals surface area (Å²) in [6, 6.07) is 9.33. The summed E-state index contributed by atoms with van der Waals surface area (Å²) < 4.78 is 1.97. The number of likely N-dealkylation sites (N-methyl/N-ethyl adjacent to an activating group) is 2. The van der Waals surface area contributed by atoms with E-state index in [1.54, 1.807) is 0 Å². The minimum absolute atomic E-state index is 0. The molecule has 2 N–H and O–H groups in total. The molecule has 6 nitrogen and oxygen atoms in total. The fourth-order valence-electron chi connectivity index (χ4n) is 8.86. The molecule has 60 heavy (non-hydrogen) atoms. The van der Waals surface area contributed by atoms with Crippen LogP contribution in [-0.4, -0.2) is 73.1 Å². The fraction of sp³-hybridized carbons (Fsp3) is 0.846. The molecule has 8 heteroatoms. The summed E-state index contributed by atoms with van der Waals surface area (Å²) in [5.41, 5.74) is 2.74. The molecule has 2 amide bonds. The van der Waals surface area contributed by atoms with E-state index in [4.69, 9.17) is 0 Å². The Balaban J connectivity index is 0. The molecule has 0 radical (unpaired) electrons. The van der Waals surface area contributed by atoms with Crippen LogP contribution in [0.3, 0.4) is 0 Å². The molecule has 0 saturated heterocycles. The first-order valence-electron chi connectivity index (χ1n) is 25.6. The number of hydrogen-bond donors (Lipinski definition) is 2. The maximum atomic E-state index is 12.7. The Labute approximate surface area is 386 Å². The molecule has 0 aliphatic carbocycles. The lowest BCUT2D eigenvalue weighted by molar-refractivity contribution is -0.936. The van der Waals surface area contributed by atoms with Crippen molar-refractivity contribution in [3.05, 3.63) is 35.4 Å². The van der Waals surface area contributed by atoms with E-state index in [2.05, 4.69) is 76.4 Å². The summed E-state index contributed by atoms with van der Waals surface area (Å²) in [4.78, 5) is 25.3. The van der Waals surface area contributed by atoms with Gasteiger partial charge in [0.15, 0.2) is 0 Å². The predicted octanol–water partition coefficient (Wildman–Crippen LogP) is 7.60. The van der Waals surface area contributed by atoms with Gasteiger partial charge in [-0.2, -0.15) is 0 Å². The maximum absolute atomic E-state index is 12.7. The molecule has 1 rings (SSSR count). The first kappa shape index (κ1) is 60.7. The number of hydrogen-bond acceptors (Lipinski definition) is 2. The molecule has 0 heterocycles. The maximum Gasteiger partial charge on any atom is 0.220 e. The van der Waals surface area contributed by atoms with Gasteiger partial charge in [-0.25, -0.2) is 0 Å². The van der Waals surface area contributed by atoms with Crippen molar-refractivity contribution >= 4 is 11.8 Å². The SMILES string of the molecule is CCCCCCCCCCCCCCCC(=O)NCC[N+](CC)(CC)Cc1ccc(C[N+](CC)(CC)CCNC(=O)CCCCCCCCCCCCCCC)cc1.[Cl-].[Cl-]. The average Bonchev–Trinajstić information content (AvgIpc) is 3.24. The van der Waals surface area contributed by atoms with Gasteiger partial charge < -0.3 is 44.4 Å². The number of carbonyl (C=O) groups excluding carboxylic acids is 2. The van der Waals surface area contributed by atoms with E-state index >= 15 is 0 Å². The highest BCUT2D eigenvalue weighted by Crippen LogP contribution is 2.20. The van der Waals surface area contributed by atoms with E-state index in [0.717, 1.165) is 87.3 Å². The van der Waals surface area contributed by atoms with E-state index in [9.17, 15) is 9.59 Å². The van der Waals surface area contributed by atoms with Crippen molar-refractivity contribution in [2.45, 2.75) is 234 Å². The average molecular weight is 884 g/mol. The van der Waals surface area contributed by atoms with Crippen LogP contribution >= 0.6 is 0 Å². The molecule has 0 unspecified atom stereocenters. The Morgan fingerprint density at radius 2 is 0.617 bits per heavy atom. The van der Waals surface area contributed by atoms with E-state index in [-0.39, 0.29) is 36.6 Å². The van der Waals surface area contributed by atoms with Gasteiger partial charge in [0, 0.05) is 24.0 Å². The standard InChI is InChI=1S/C52H98N4O2.2ClH/c1-7-13-15-17-19-21-23-25-27-29-31-33-35-37-51(57)53-43-45-55(9-3,10-4)47-49-39-41-50(42-40-49)48-56(11-5,12-6)46-44-54-52(58)38-36-34-32-30-28-26-24-22-20-18-16-14-8-2;;/h39-42H,7-38,43-48H2,1-6H3;2*1H. The van der Waals surface area contributed by atoms with Gasteiger partial charge in [0.05, 0.1) is 52.4 Å². The van der Waals surface area contributed by atoms with Crippen LogP contribution in [0.2, 0.25) is 0 Å². The van der Waals surface area contributed by atoms with Crippen LogP contribution in [0.5, 0.6) is 0 Å². The number of nitrogens with one attached hydrogen (secondary N) is 2. The van der Waals surface area contributed by atoms with Gasteiger partial charge in [0.2, 0.25) is 11.8 Å². The first-order valence-corrected chi connectivity index (χ1v) is 25.6. The molecule has 0 spiro atoms. The highest BCUT2D eigenvalue weighted by atomic mass is 35.5. The van der Waals surface area contributed by atoms with Crippen molar-refractivity contribution < 1.29 is 43.4 Å². The normalized spacial score (nSPS) is 11.6. The number of halogens is 2. The fourth-order valence-corrected chi connectivity index (χ4v) is 8.86. The van der Waals surface area contributed by atoms with Crippen molar-refractivity contribution in [1.29, 1.82) is 0 Å². The summed E-state index contributed by atoms with van der Waals surface area (Å²) >= 11 is 0. The summed E-state index contributed by atoms with van der Waals surface area (Å²) in [5, 5.41) is 6.51. The Hall–Kier alpha value is -1.34. The minimum Gasteiger partial charge on any atom is -1.00 e. The largest absolute Gasteiger partial charge is 1.00 e. The second-order valence-corrected chi connectivity index (χ2v) is 18.2. The van der Waals surface area contributed by atoms with Gasteiger partial charge in [-0.05, 0) is 40.5 Å². The van der Waals surface area contributed by atoms with Crippen molar-refractivity contribution in [3.63, 3.8) is 0 Å². The third kappa shape index (κ3) is 31.5. The molecule has 0 aromatic heterocycles. The molecule has 1 aromatic carbocycles. The molecular formula is C52H100Cl2N4O2. The lowest BCUT2D eigenvalue weighted by Crippen LogP contribution is -3.00. The zero-order chi connectivity index (χ0) is 42.4. The Kier molecular flexibility index (Phi) is 42.2. The zero-order valence-electron chi connectivity index (χ0n) is 40.6. The van der Waals surface area contributed by atoms with Crippen LogP contribution in [0.25, 0.3) is 0 Å². The van der Waals surface area contributed by atoms with Gasteiger partial charge in [0.1, 0.15) is 13.1 Å². The smallest absolute Gasteiger partial charge is 0.220 e. The topological polar surface area (TPSA) is 58.2 Å². The molecule has 1 aromatic rings. The predicted molar refractivity (Wildman–Crippen MR) is 253 cm³/mol. The van der Waals surface area contributed by atoms with Crippen molar-refractivity contribution in [2.24, 2.45) is 0 Å². The second-order valence-electron chi connectivity index (χ2n) is 18.2. The Bertz CT molecular complexity index is 1010. The van der Waals surface area contributed by atoms with Gasteiger partial charge >= 0.3 is 0 Å². The van der Waals surface area contributed by atoms with E-state index in [1.807, 2.05) is 0 Å². The number of rotatable bonds is 42. The van der Waals surface area contributed by atoms with Gasteiger partial charge in [0.25, 0.3) is 0 Å². The Morgan fingerprint density at radius 1 is 0.383 bits per heavy atom.